The molecule has 188 valence electrons. The Balaban J connectivity index is 1.22. The van der Waals surface area contributed by atoms with Gasteiger partial charge >= 0.3 is 0 Å². The minimum atomic E-state index is -0.248. The van der Waals surface area contributed by atoms with Gasteiger partial charge in [-0.05, 0) is 98.2 Å². The number of benzene rings is 2. The van der Waals surface area contributed by atoms with Crippen LogP contribution in [-0.4, -0.2) is 27.8 Å². The van der Waals surface area contributed by atoms with Crippen molar-refractivity contribution in [3.05, 3.63) is 65.7 Å². The standard InChI is InChI=1S/C28H31FN4O2S/c1-35-24-8-6-23(7-9-24)33-25(31-32-27(33)36-17-18-2-4-22(29)5-3-18)16-30-26(34)28-13-19-10-20(14-28)12-21(11-19)15-28/h2-9,19-21H,10-17H2,1H3,(H,30,34). The Hall–Kier alpha value is -2.87. The van der Waals surface area contributed by atoms with E-state index >= 15 is 0 Å². The zero-order valence-corrected chi connectivity index (χ0v) is 21.3. The monoisotopic (exact) mass is 506 g/mol. The van der Waals surface area contributed by atoms with Crippen LogP contribution in [0.15, 0.2) is 53.7 Å². The first-order valence-electron chi connectivity index (χ1n) is 12.8. The van der Waals surface area contributed by atoms with Crippen LogP contribution in [0.3, 0.4) is 0 Å². The van der Waals surface area contributed by atoms with E-state index in [1.165, 1.54) is 43.2 Å². The van der Waals surface area contributed by atoms with Crippen LogP contribution in [0.4, 0.5) is 4.39 Å². The number of nitrogens with zero attached hydrogens (tertiary/aromatic N) is 3. The summed E-state index contributed by atoms with van der Waals surface area (Å²) in [5.41, 5.74) is 1.71. The Morgan fingerprint density at radius 1 is 1.03 bits per heavy atom. The van der Waals surface area contributed by atoms with Crippen molar-refractivity contribution in [2.24, 2.45) is 23.2 Å². The van der Waals surface area contributed by atoms with E-state index in [-0.39, 0.29) is 17.1 Å². The Labute approximate surface area is 215 Å². The van der Waals surface area contributed by atoms with Gasteiger partial charge < -0.3 is 10.1 Å². The van der Waals surface area contributed by atoms with Gasteiger partial charge in [-0.15, -0.1) is 10.2 Å². The second kappa shape index (κ2) is 9.54. The number of hydrogen-bond acceptors (Lipinski definition) is 5. The molecule has 0 aliphatic heterocycles. The lowest BCUT2D eigenvalue weighted by molar-refractivity contribution is -0.146. The number of aromatic nitrogens is 3. The lowest BCUT2D eigenvalue weighted by Crippen LogP contribution is -2.53. The number of methoxy groups -OCH3 is 1. The minimum Gasteiger partial charge on any atom is -0.497 e. The molecule has 1 N–H and O–H groups in total. The quantitative estimate of drug-likeness (QED) is 0.406. The molecule has 4 aliphatic rings. The zero-order chi connectivity index (χ0) is 24.7. The van der Waals surface area contributed by atoms with Crippen LogP contribution < -0.4 is 10.1 Å². The number of amides is 1. The molecular weight excluding hydrogens is 475 g/mol. The highest BCUT2D eigenvalue weighted by Gasteiger charge is 2.54. The second-order valence-electron chi connectivity index (χ2n) is 10.7. The number of thioether (sulfide) groups is 1. The van der Waals surface area contributed by atoms with Crippen LogP contribution in [0, 0.1) is 29.0 Å². The van der Waals surface area contributed by atoms with Gasteiger partial charge in [-0.2, -0.15) is 0 Å². The molecular formula is C28H31FN4O2S. The molecule has 4 saturated carbocycles. The SMILES string of the molecule is COc1ccc(-n2c(CNC(=O)C34CC5CC(CC(C5)C3)C4)nnc2SCc2ccc(F)cc2)cc1. The van der Waals surface area contributed by atoms with E-state index in [9.17, 15) is 9.18 Å². The Kier molecular flexibility index (Phi) is 6.23. The number of halogens is 1. The topological polar surface area (TPSA) is 69.0 Å². The summed E-state index contributed by atoms with van der Waals surface area (Å²) >= 11 is 1.54. The maximum absolute atomic E-state index is 13.5. The summed E-state index contributed by atoms with van der Waals surface area (Å²) in [5, 5.41) is 12.9. The lowest BCUT2D eigenvalue weighted by atomic mass is 9.49. The van der Waals surface area contributed by atoms with E-state index in [1.807, 2.05) is 28.8 Å². The molecule has 0 saturated heterocycles. The molecule has 0 radical (unpaired) electrons. The number of ether oxygens (including phenoxy) is 1. The first kappa shape index (κ1) is 23.5. The molecule has 1 aromatic heterocycles. The third-order valence-electron chi connectivity index (χ3n) is 8.24. The molecule has 2 aromatic carbocycles. The normalized spacial score (nSPS) is 26.2. The summed E-state index contributed by atoms with van der Waals surface area (Å²) in [4.78, 5) is 13.5. The number of carbonyl (C=O) groups excluding carboxylic acids is 1. The molecule has 4 fully saturated rings. The van der Waals surface area contributed by atoms with Crippen molar-refractivity contribution >= 4 is 17.7 Å². The average molecular weight is 507 g/mol. The number of carbonyl (C=O) groups is 1. The van der Waals surface area contributed by atoms with Crippen molar-refractivity contribution in [3.8, 4) is 11.4 Å². The molecule has 3 aromatic rings. The highest BCUT2D eigenvalue weighted by molar-refractivity contribution is 7.98. The number of nitrogens with one attached hydrogen (secondary N) is 1. The number of hydrogen-bond donors (Lipinski definition) is 1. The molecule has 0 unspecified atom stereocenters. The Morgan fingerprint density at radius 2 is 1.67 bits per heavy atom. The first-order valence-corrected chi connectivity index (χ1v) is 13.7. The molecule has 0 spiro atoms. The van der Waals surface area contributed by atoms with E-state index in [2.05, 4.69) is 15.5 Å². The van der Waals surface area contributed by atoms with Gasteiger partial charge in [0, 0.05) is 16.9 Å². The van der Waals surface area contributed by atoms with E-state index in [0.29, 0.717) is 18.1 Å². The summed E-state index contributed by atoms with van der Waals surface area (Å²) in [6.45, 7) is 0.330. The fraction of sp³-hybridized carbons (Fsp3) is 0.464. The molecule has 8 heteroatoms. The van der Waals surface area contributed by atoms with Crippen molar-refractivity contribution in [2.75, 3.05) is 7.11 Å². The smallest absolute Gasteiger partial charge is 0.226 e. The van der Waals surface area contributed by atoms with E-state index in [4.69, 9.17) is 4.74 Å². The molecule has 7 rings (SSSR count). The van der Waals surface area contributed by atoms with Crippen molar-refractivity contribution in [1.29, 1.82) is 0 Å². The molecule has 4 aliphatic carbocycles. The average Bonchev–Trinajstić information content (AvgIpc) is 3.29. The predicted molar refractivity (Wildman–Crippen MR) is 136 cm³/mol. The fourth-order valence-corrected chi connectivity index (χ4v) is 7.89. The zero-order valence-electron chi connectivity index (χ0n) is 20.5. The highest BCUT2D eigenvalue weighted by atomic mass is 32.2. The van der Waals surface area contributed by atoms with Gasteiger partial charge in [0.05, 0.1) is 13.7 Å². The predicted octanol–water partition coefficient (Wildman–Crippen LogP) is 5.54. The molecule has 1 amide bonds. The van der Waals surface area contributed by atoms with Crippen LogP contribution in [-0.2, 0) is 17.1 Å². The van der Waals surface area contributed by atoms with Gasteiger partial charge in [0.25, 0.3) is 0 Å². The van der Waals surface area contributed by atoms with Crippen molar-refractivity contribution in [1.82, 2.24) is 20.1 Å². The van der Waals surface area contributed by atoms with Gasteiger partial charge in [-0.1, -0.05) is 23.9 Å². The molecule has 1 heterocycles. The fourth-order valence-electron chi connectivity index (χ4n) is 6.96. The number of rotatable bonds is 8. The van der Waals surface area contributed by atoms with Crippen LogP contribution in [0.2, 0.25) is 0 Å². The first-order chi connectivity index (χ1) is 17.5. The van der Waals surface area contributed by atoms with Gasteiger partial charge in [0.1, 0.15) is 11.6 Å². The van der Waals surface area contributed by atoms with E-state index in [1.54, 1.807) is 19.2 Å². The van der Waals surface area contributed by atoms with Crippen LogP contribution in [0.5, 0.6) is 5.75 Å². The summed E-state index contributed by atoms with van der Waals surface area (Å²) in [7, 11) is 1.64. The molecule has 0 atom stereocenters. The van der Waals surface area contributed by atoms with Gasteiger partial charge in [0.2, 0.25) is 5.91 Å². The maximum atomic E-state index is 13.5. The Morgan fingerprint density at radius 3 is 2.28 bits per heavy atom. The minimum absolute atomic E-state index is 0.186. The molecule has 4 bridgehead atoms. The summed E-state index contributed by atoms with van der Waals surface area (Å²) in [6, 6.07) is 14.2. The van der Waals surface area contributed by atoms with Crippen LogP contribution >= 0.6 is 11.8 Å². The third kappa shape index (κ3) is 4.51. The van der Waals surface area contributed by atoms with Crippen molar-refractivity contribution in [3.63, 3.8) is 0 Å². The summed E-state index contributed by atoms with van der Waals surface area (Å²) in [6.07, 6.45) is 7.05. The molecule has 6 nitrogen and oxygen atoms in total. The van der Waals surface area contributed by atoms with E-state index in [0.717, 1.165) is 59.2 Å². The third-order valence-corrected chi connectivity index (χ3v) is 9.24. The van der Waals surface area contributed by atoms with Gasteiger partial charge in [-0.25, -0.2) is 4.39 Å². The maximum Gasteiger partial charge on any atom is 0.226 e. The summed E-state index contributed by atoms with van der Waals surface area (Å²) in [5.74, 6) is 4.20. The Bertz CT molecular complexity index is 1210. The van der Waals surface area contributed by atoms with Crippen LogP contribution in [0.1, 0.15) is 49.9 Å². The summed E-state index contributed by atoms with van der Waals surface area (Å²) < 4.78 is 20.6. The van der Waals surface area contributed by atoms with E-state index < -0.39 is 0 Å². The second-order valence-corrected chi connectivity index (χ2v) is 11.7. The highest BCUT2D eigenvalue weighted by Crippen LogP contribution is 2.60. The largest absolute Gasteiger partial charge is 0.497 e. The molecule has 36 heavy (non-hydrogen) atoms. The lowest BCUT2D eigenvalue weighted by Gasteiger charge is -2.55. The van der Waals surface area contributed by atoms with Crippen molar-refractivity contribution < 1.29 is 13.9 Å². The van der Waals surface area contributed by atoms with Gasteiger partial charge in [0.15, 0.2) is 11.0 Å². The van der Waals surface area contributed by atoms with Crippen molar-refractivity contribution in [2.45, 2.75) is 56.0 Å². The van der Waals surface area contributed by atoms with Gasteiger partial charge in [-0.3, -0.25) is 9.36 Å². The van der Waals surface area contributed by atoms with Crippen LogP contribution in [0.25, 0.3) is 5.69 Å².